The fraction of sp³-hybridized carbons (Fsp3) is 0.579. The monoisotopic (exact) mass is 394 g/mol. The number of ether oxygens (including phenoxy) is 1. The van der Waals surface area contributed by atoms with Crippen molar-refractivity contribution in [2.24, 2.45) is 0 Å². The van der Waals surface area contributed by atoms with Crippen molar-refractivity contribution in [1.29, 1.82) is 0 Å². The molecule has 1 saturated heterocycles. The number of aryl methyl sites for hydroxylation is 1. The Balaban J connectivity index is 1.75. The SMILES string of the molecule is Cc1ccc(S(=O)(=O)N2CCCCC2)cc1C(=O)O[C@H](C)C(=O)NC1CC1. The molecular weight excluding hydrogens is 368 g/mol. The number of nitrogens with zero attached hydrogens (tertiary/aromatic N) is 1. The van der Waals surface area contributed by atoms with Crippen LogP contribution < -0.4 is 5.32 Å². The number of carbonyl (C=O) groups is 2. The van der Waals surface area contributed by atoms with E-state index in [0.29, 0.717) is 18.7 Å². The first kappa shape index (κ1) is 19.8. The molecule has 0 aromatic heterocycles. The summed E-state index contributed by atoms with van der Waals surface area (Å²) in [6.07, 6.45) is 3.67. The van der Waals surface area contributed by atoms with Crippen molar-refractivity contribution in [3.05, 3.63) is 29.3 Å². The molecular formula is C19H26N2O5S. The third-order valence-electron chi connectivity index (χ3n) is 4.96. The summed E-state index contributed by atoms with van der Waals surface area (Å²) in [5.74, 6) is -1.03. The van der Waals surface area contributed by atoms with Crippen LogP contribution >= 0.6 is 0 Å². The highest BCUT2D eigenvalue weighted by atomic mass is 32.2. The molecule has 7 nitrogen and oxygen atoms in total. The zero-order chi connectivity index (χ0) is 19.6. The molecule has 1 heterocycles. The lowest BCUT2D eigenvalue weighted by Crippen LogP contribution is -2.37. The van der Waals surface area contributed by atoms with Crippen LogP contribution in [0.25, 0.3) is 0 Å². The van der Waals surface area contributed by atoms with Crippen molar-refractivity contribution in [1.82, 2.24) is 9.62 Å². The van der Waals surface area contributed by atoms with Crippen LogP contribution in [0.2, 0.25) is 0 Å². The molecule has 0 spiro atoms. The maximum Gasteiger partial charge on any atom is 0.339 e. The van der Waals surface area contributed by atoms with E-state index >= 15 is 0 Å². The average Bonchev–Trinajstić information content (AvgIpc) is 3.46. The summed E-state index contributed by atoms with van der Waals surface area (Å²) >= 11 is 0. The van der Waals surface area contributed by atoms with Crippen molar-refractivity contribution >= 4 is 21.9 Å². The molecule has 0 unspecified atom stereocenters. The maximum atomic E-state index is 12.8. The number of nitrogens with one attached hydrogen (secondary N) is 1. The number of piperidine rings is 1. The molecule has 1 aliphatic carbocycles. The van der Waals surface area contributed by atoms with Gasteiger partial charge in [0.25, 0.3) is 5.91 Å². The van der Waals surface area contributed by atoms with E-state index in [1.807, 2.05) is 0 Å². The van der Waals surface area contributed by atoms with Gasteiger partial charge in [0, 0.05) is 19.1 Å². The van der Waals surface area contributed by atoms with Crippen molar-refractivity contribution in [2.75, 3.05) is 13.1 Å². The largest absolute Gasteiger partial charge is 0.449 e. The van der Waals surface area contributed by atoms with Crippen LogP contribution in [0.15, 0.2) is 23.1 Å². The molecule has 8 heteroatoms. The normalized spacial score (nSPS) is 19.3. The lowest BCUT2D eigenvalue weighted by atomic mass is 10.1. The molecule has 1 N–H and O–H groups in total. The lowest BCUT2D eigenvalue weighted by Gasteiger charge is -2.26. The second-order valence-corrected chi connectivity index (χ2v) is 9.21. The Labute approximate surface area is 160 Å². The van der Waals surface area contributed by atoms with Crippen LogP contribution in [-0.2, 0) is 19.6 Å². The zero-order valence-corrected chi connectivity index (χ0v) is 16.5. The summed E-state index contributed by atoms with van der Waals surface area (Å²) in [7, 11) is -3.64. The minimum Gasteiger partial charge on any atom is -0.449 e. The van der Waals surface area contributed by atoms with Gasteiger partial charge in [-0.3, -0.25) is 4.79 Å². The molecule has 2 aliphatic rings. The summed E-state index contributed by atoms with van der Waals surface area (Å²) in [6.45, 7) is 4.21. The average molecular weight is 394 g/mol. The molecule has 1 aromatic rings. The van der Waals surface area contributed by atoms with E-state index in [1.54, 1.807) is 13.0 Å². The Bertz CT molecular complexity index is 827. The van der Waals surface area contributed by atoms with Gasteiger partial charge in [-0.2, -0.15) is 4.31 Å². The quantitative estimate of drug-likeness (QED) is 0.745. The molecule has 27 heavy (non-hydrogen) atoms. The van der Waals surface area contributed by atoms with E-state index in [-0.39, 0.29) is 22.4 Å². The fourth-order valence-corrected chi connectivity index (χ4v) is 4.60. The Morgan fingerprint density at radius 1 is 1.19 bits per heavy atom. The molecule has 3 rings (SSSR count). The molecule has 2 fully saturated rings. The first-order chi connectivity index (χ1) is 12.8. The molecule has 148 valence electrons. The van der Waals surface area contributed by atoms with Gasteiger partial charge >= 0.3 is 5.97 Å². The Hall–Kier alpha value is -1.93. The second kappa shape index (κ2) is 7.98. The van der Waals surface area contributed by atoms with Gasteiger partial charge in [-0.1, -0.05) is 12.5 Å². The van der Waals surface area contributed by atoms with E-state index in [2.05, 4.69) is 5.32 Å². The Kier molecular flexibility index (Phi) is 5.86. The number of rotatable bonds is 6. The third-order valence-corrected chi connectivity index (χ3v) is 6.85. The third kappa shape index (κ3) is 4.68. The van der Waals surface area contributed by atoms with Gasteiger partial charge in [0.15, 0.2) is 6.10 Å². The van der Waals surface area contributed by atoms with Crippen molar-refractivity contribution in [3.8, 4) is 0 Å². The first-order valence-corrected chi connectivity index (χ1v) is 10.8. The standard InChI is InChI=1S/C19H26N2O5S/c1-13-6-9-16(27(24,25)21-10-4-3-5-11-21)12-17(13)19(23)26-14(2)18(22)20-15-7-8-15/h6,9,12,14-15H,3-5,7-8,10-11H2,1-2H3,(H,20,22)/t14-/m1/s1. The molecule has 0 bridgehead atoms. The van der Waals surface area contributed by atoms with Crippen LogP contribution in [0.3, 0.4) is 0 Å². The molecule has 1 amide bonds. The zero-order valence-electron chi connectivity index (χ0n) is 15.7. The topological polar surface area (TPSA) is 92.8 Å². The van der Waals surface area contributed by atoms with Gasteiger partial charge in [-0.25, -0.2) is 13.2 Å². The predicted octanol–water partition coefficient (Wildman–Crippen LogP) is 1.99. The van der Waals surface area contributed by atoms with Crippen LogP contribution in [-0.4, -0.2) is 49.8 Å². The van der Waals surface area contributed by atoms with Crippen molar-refractivity contribution in [3.63, 3.8) is 0 Å². The Morgan fingerprint density at radius 3 is 2.48 bits per heavy atom. The number of benzene rings is 1. The fourth-order valence-electron chi connectivity index (χ4n) is 3.06. The molecule has 1 aromatic carbocycles. The summed E-state index contributed by atoms with van der Waals surface area (Å²) in [6, 6.07) is 4.65. The molecule has 0 radical (unpaired) electrons. The number of carbonyl (C=O) groups excluding carboxylic acids is 2. The number of sulfonamides is 1. The van der Waals surface area contributed by atoms with Crippen molar-refractivity contribution in [2.45, 2.75) is 63.0 Å². The van der Waals surface area contributed by atoms with Gasteiger partial charge in [-0.05, 0) is 57.2 Å². The summed E-state index contributed by atoms with van der Waals surface area (Å²) in [5, 5.41) is 2.78. The molecule has 1 saturated carbocycles. The number of hydrogen-bond acceptors (Lipinski definition) is 5. The number of hydrogen-bond donors (Lipinski definition) is 1. The van der Waals surface area contributed by atoms with Crippen LogP contribution in [0.5, 0.6) is 0 Å². The maximum absolute atomic E-state index is 12.8. The van der Waals surface area contributed by atoms with E-state index < -0.39 is 22.1 Å². The first-order valence-electron chi connectivity index (χ1n) is 9.41. The summed E-state index contributed by atoms with van der Waals surface area (Å²) in [4.78, 5) is 24.6. The van der Waals surface area contributed by atoms with Crippen LogP contribution in [0, 0.1) is 6.92 Å². The van der Waals surface area contributed by atoms with Crippen LogP contribution in [0.1, 0.15) is 54.9 Å². The second-order valence-electron chi connectivity index (χ2n) is 7.27. The molecule has 1 aliphatic heterocycles. The van der Waals surface area contributed by atoms with E-state index in [0.717, 1.165) is 32.1 Å². The van der Waals surface area contributed by atoms with Gasteiger partial charge in [0.2, 0.25) is 10.0 Å². The highest BCUT2D eigenvalue weighted by Gasteiger charge is 2.29. The Morgan fingerprint density at radius 2 is 1.85 bits per heavy atom. The van der Waals surface area contributed by atoms with Gasteiger partial charge in [-0.15, -0.1) is 0 Å². The smallest absolute Gasteiger partial charge is 0.339 e. The van der Waals surface area contributed by atoms with Crippen molar-refractivity contribution < 1.29 is 22.7 Å². The lowest BCUT2D eigenvalue weighted by molar-refractivity contribution is -0.129. The van der Waals surface area contributed by atoms with Gasteiger partial charge in [0.05, 0.1) is 10.5 Å². The molecule has 1 atom stereocenters. The van der Waals surface area contributed by atoms with E-state index in [4.69, 9.17) is 4.74 Å². The predicted molar refractivity (Wildman–Crippen MR) is 99.8 cm³/mol. The summed E-state index contributed by atoms with van der Waals surface area (Å²) in [5.41, 5.74) is 0.770. The number of amides is 1. The van der Waals surface area contributed by atoms with E-state index in [9.17, 15) is 18.0 Å². The minimum absolute atomic E-state index is 0.0806. The highest BCUT2D eigenvalue weighted by molar-refractivity contribution is 7.89. The summed E-state index contributed by atoms with van der Waals surface area (Å²) < 4.78 is 32.4. The van der Waals surface area contributed by atoms with Gasteiger partial charge < -0.3 is 10.1 Å². The van der Waals surface area contributed by atoms with E-state index in [1.165, 1.54) is 23.4 Å². The highest BCUT2D eigenvalue weighted by Crippen LogP contribution is 2.24. The van der Waals surface area contributed by atoms with Crippen LogP contribution in [0.4, 0.5) is 0 Å². The van der Waals surface area contributed by atoms with Gasteiger partial charge in [0.1, 0.15) is 0 Å². The number of esters is 1. The minimum atomic E-state index is -3.64.